The molecular weight excluding hydrogens is 430 g/mol. The molecule has 32 heavy (non-hydrogen) atoms. The van der Waals surface area contributed by atoms with E-state index >= 15 is 0 Å². The van der Waals surface area contributed by atoms with Gasteiger partial charge in [-0.25, -0.2) is 9.78 Å². The van der Waals surface area contributed by atoms with Crippen LogP contribution in [0.3, 0.4) is 0 Å². The van der Waals surface area contributed by atoms with Gasteiger partial charge in [0.15, 0.2) is 6.61 Å². The lowest BCUT2D eigenvalue weighted by molar-refractivity contribution is 0.0474. The predicted molar refractivity (Wildman–Crippen MR) is 121 cm³/mol. The number of hydrogen-bond acceptors (Lipinski definition) is 7. The SMILES string of the molecule is Cc1oc2ncn(C)c(=O)c2c1C(=O)OCC(=O)c1cc(C)n(CCc2cccs2)c1C. The molecule has 4 aromatic rings. The van der Waals surface area contributed by atoms with Crippen molar-refractivity contribution in [2.75, 3.05) is 6.61 Å². The number of aromatic nitrogens is 3. The lowest BCUT2D eigenvalue weighted by Crippen LogP contribution is -2.20. The molecule has 0 bridgehead atoms. The van der Waals surface area contributed by atoms with Crippen LogP contribution in [0.5, 0.6) is 0 Å². The summed E-state index contributed by atoms with van der Waals surface area (Å²) in [5, 5.41) is 2.10. The molecule has 166 valence electrons. The molecule has 0 aliphatic rings. The van der Waals surface area contributed by atoms with E-state index in [1.807, 2.05) is 31.4 Å². The van der Waals surface area contributed by atoms with E-state index in [4.69, 9.17) is 9.15 Å². The third-order valence-electron chi connectivity index (χ3n) is 5.52. The van der Waals surface area contributed by atoms with Crippen molar-refractivity contribution in [1.82, 2.24) is 14.1 Å². The molecule has 0 aromatic carbocycles. The number of furan rings is 1. The summed E-state index contributed by atoms with van der Waals surface area (Å²) in [4.78, 5) is 43.3. The van der Waals surface area contributed by atoms with Crippen LogP contribution < -0.4 is 5.56 Å². The van der Waals surface area contributed by atoms with Crippen LogP contribution in [-0.2, 0) is 24.8 Å². The Labute approximate surface area is 188 Å². The number of aryl methyl sites for hydroxylation is 4. The maximum Gasteiger partial charge on any atom is 0.343 e. The number of carbonyl (C=O) groups excluding carboxylic acids is 2. The summed E-state index contributed by atoms with van der Waals surface area (Å²) in [5.74, 6) is -0.864. The summed E-state index contributed by atoms with van der Waals surface area (Å²) < 4.78 is 14.1. The van der Waals surface area contributed by atoms with Gasteiger partial charge in [0.05, 0.1) is 0 Å². The highest BCUT2D eigenvalue weighted by atomic mass is 32.1. The zero-order valence-corrected chi connectivity index (χ0v) is 19.1. The summed E-state index contributed by atoms with van der Waals surface area (Å²) in [5.41, 5.74) is 1.98. The number of Topliss-reactive ketones (excluding diaryl/α,β-unsaturated/α-hetero) is 1. The molecular formula is C23H23N3O5S. The van der Waals surface area contributed by atoms with E-state index in [0.717, 1.165) is 24.4 Å². The normalized spacial score (nSPS) is 11.2. The molecule has 0 unspecified atom stereocenters. The van der Waals surface area contributed by atoms with Crippen LogP contribution in [0.4, 0.5) is 0 Å². The van der Waals surface area contributed by atoms with Crippen molar-refractivity contribution in [1.29, 1.82) is 0 Å². The Bertz CT molecular complexity index is 1380. The number of hydrogen-bond donors (Lipinski definition) is 0. The minimum Gasteiger partial charge on any atom is -0.454 e. The highest BCUT2D eigenvalue weighted by Gasteiger charge is 2.25. The van der Waals surface area contributed by atoms with E-state index in [1.54, 1.807) is 18.3 Å². The standard InChI is InChI=1S/C23H23N3O5S/c1-13-10-17(14(2)26(13)8-7-16-6-5-9-32-16)18(27)11-30-23(29)19-15(3)31-21-20(19)22(28)25(4)12-24-21/h5-6,9-10,12H,7-8,11H2,1-4H3. The van der Waals surface area contributed by atoms with Gasteiger partial charge in [0.25, 0.3) is 5.56 Å². The summed E-state index contributed by atoms with van der Waals surface area (Å²) in [6.07, 6.45) is 2.20. The maximum atomic E-state index is 12.8. The van der Waals surface area contributed by atoms with Gasteiger partial charge in [0.1, 0.15) is 23.0 Å². The Morgan fingerprint density at radius 3 is 2.75 bits per heavy atom. The number of ketones is 1. The number of rotatable bonds is 7. The van der Waals surface area contributed by atoms with Gasteiger partial charge in [-0.2, -0.15) is 0 Å². The Hall–Kier alpha value is -3.46. The van der Waals surface area contributed by atoms with Crippen molar-refractivity contribution in [2.45, 2.75) is 33.7 Å². The zero-order valence-electron chi connectivity index (χ0n) is 18.3. The zero-order chi connectivity index (χ0) is 23.0. The molecule has 4 rings (SSSR count). The first-order valence-electron chi connectivity index (χ1n) is 10.1. The molecule has 0 atom stereocenters. The fraction of sp³-hybridized carbons (Fsp3) is 0.304. The molecule has 0 radical (unpaired) electrons. The van der Waals surface area contributed by atoms with E-state index in [-0.39, 0.29) is 28.2 Å². The predicted octanol–water partition coefficient (Wildman–Crippen LogP) is 3.60. The second-order valence-electron chi connectivity index (χ2n) is 7.64. The number of esters is 1. The van der Waals surface area contributed by atoms with Crippen LogP contribution in [0.25, 0.3) is 11.1 Å². The van der Waals surface area contributed by atoms with Crippen LogP contribution in [0.1, 0.15) is 42.7 Å². The molecule has 0 saturated carbocycles. The van der Waals surface area contributed by atoms with E-state index in [0.29, 0.717) is 5.56 Å². The summed E-state index contributed by atoms with van der Waals surface area (Å²) >= 11 is 1.71. The average molecular weight is 454 g/mol. The van der Waals surface area contributed by atoms with Crippen LogP contribution in [0.15, 0.2) is 39.1 Å². The van der Waals surface area contributed by atoms with E-state index in [2.05, 4.69) is 15.6 Å². The van der Waals surface area contributed by atoms with Gasteiger partial charge < -0.3 is 18.3 Å². The van der Waals surface area contributed by atoms with Gasteiger partial charge in [-0.3, -0.25) is 9.59 Å². The van der Waals surface area contributed by atoms with Crippen molar-refractivity contribution in [3.05, 3.63) is 73.4 Å². The average Bonchev–Trinajstić information content (AvgIpc) is 3.46. The van der Waals surface area contributed by atoms with Gasteiger partial charge in [0, 0.05) is 35.4 Å². The summed E-state index contributed by atoms with van der Waals surface area (Å²) in [6.45, 7) is 5.73. The van der Waals surface area contributed by atoms with E-state index < -0.39 is 18.1 Å². The largest absolute Gasteiger partial charge is 0.454 e. The van der Waals surface area contributed by atoms with Gasteiger partial charge >= 0.3 is 5.97 Å². The third-order valence-corrected chi connectivity index (χ3v) is 6.46. The van der Waals surface area contributed by atoms with Gasteiger partial charge in [-0.15, -0.1) is 11.3 Å². The quantitative estimate of drug-likeness (QED) is 0.313. The molecule has 4 aromatic heterocycles. The Morgan fingerprint density at radius 2 is 2.03 bits per heavy atom. The molecule has 8 nitrogen and oxygen atoms in total. The van der Waals surface area contributed by atoms with Crippen molar-refractivity contribution in [3.63, 3.8) is 0 Å². The molecule has 4 heterocycles. The number of thiophene rings is 1. The number of carbonyl (C=O) groups is 2. The molecule has 0 aliphatic carbocycles. The van der Waals surface area contributed by atoms with Gasteiger partial charge in [-0.05, 0) is 44.7 Å². The first-order chi connectivity index (χ1) is 15.3. The van der Waals surface area contributed by atoms with Gasteiger partial charge in [0.2, 0.25) is 11.5 Å². The van der Waals surface area contributed by atoms with Crippen molar-refractivity contribution in [3.8, 4) is 0 Å². The Morgan fingerprint density at radius 1 is 1.25 bits per heavy atom. The molecule has 0 saturated heterocycles. The molecule has 0 aliphatic heterocycles. The lowest BCUT2D eigenvalue weighted by atomic mass is 10.1. The number of ether oxygens (including phenoxy) is 1. The fourth-order valence-corrected chi connectivity index (χ4v) is 4.52. The van der Waals surface area contributed by atoms with Crippen LogP contribution in [0, 0.1) is 20.8 Å². The summed E-state index contributed by atoms with van der Waals surface area (Å²) in [6, 6.07) is 5.93. The number of fused-ring (bicyclic) bond motifs is 1. The van der Waals surface area contributed by atoms with Crippen molar-refractivity contribution >= 4 is 34.2 Å². The second-order valence-corrected chi connectivity index (χ2v) is 8.67. The Kier molecular flexibility index (Phi) is 5.84. The van der Waals surface area contributed by atoms with E-state index in [9.17, 15) is 14.4 Å². The molecule has 0 spiro atoms. The lowest BCUT2D eigenvalue weighted by Gasteiger charge is -2.09. The van der Waals surface area contributed by atoms with Crippen LogP contribution in [-0.4, -0.2) is 32.5 Å². The third kappa shape index (κ3) is 3.91. The minimum atomic E-state index is -0.786. The molecule has 0 amide bonds. The van der Waals surface area contributed by atoms with Crippen molar-refractivity contribution in [2.24, 2.45) is 7.05 Å². The highest BCUT2D eigenvalue weighted by molar-refractivity contribution is 7.09. The topological polar surface area (TPSA) is 96.3 Å². The van der Waals surface area contributed by atoms with Gasteiger partial charge in [-0.1, -0.05) is 6.07 Å². The number of nitrogens with zero attached hydrogens (tertiary/aromatic N) is 3. The first-order valence-corrected chi connectivity index (χ1v) is 11.0. The smallest absolute Gasteiger partial charge is 0.343 e. The minimum absolute atomic E-state index is 0.00270. The fourth-order valence-electron chi connectivity index (χ4n) is 3.82. The summed E-state index contributed by atoms with van der Waals surface area (Å²) in [7, 11) is 1.53. The highest BCUT2D eigenvalue weighted by Crippen LogP contribution is 2.22. The van der Waals surface area contributed by atoms with E-state index in [1.165, 1.54) is 22.8 Å². The van der Waals surface area contributed by atoms with Crippen LogP contribution in [0.2, 0.25) is 0 Å². The van der Waals surface area contributed by atoms with Crippen LogP contribution >= 0.6 is 11.3 Å². The molecule has 0 N–H and O–H groups in total. The molecule has 0 fully saturated rings. The molecule has 9 heteroatoms. The second kappa shape index (κ2) is 8.58. The monoisotopic (exact) mass is 453 g/mol. The maximum absolute atomic E-state index is 12.8. The Balaban J connectivity index is 1.50. The first kappa shape index (κ1) is 21.8. The van der Waals surface area contributed by atoms with Crippen molar-refractivity contribution < 1.29 is 18.7 Å².